The second-order valence-corrected chi connectivity index (χ2v) is 3.47. The van der Waals surface area contributed by atoms with Crippen molar-refractivity contribution in [3.8, 4) is 11.5 Å². The molecule has 2 N–H and O–H groups in total. The number of hydrogen-bond acceptors (Lipinski definition) is 3. The minimum Gasteiger partial charge on any atom is -0.491 e. The Labute approximate surface area is 90.5 Å². The number of benzene rings is 1. The van der Waals surface area contributed by atoms with Gasteiger partial charge in [0.2, 0.25) is 0 Å². The van der Waals surface area contributed by atoms with E-state index in [1.807, 2.05) is 19.9 Å². The molecule has 0 bridgehead atoms. The second kappa shape index (κ2) is 5.29. The quantitative estimate of drug-likeness (QED) is 0.596. The Hall–Kier alpha value is -1.64. The van der Waals surface area contributed by atoms with E-state index in [4.69, 9.17) is 15.2 Å². The summed E-state index contributed by atoms with van der Waals surface area (Å²) in [6.45, 7) is 7.97. The average Bonchev–Trinajstić information content (AvgIpc) is 2.15. The van der Waals surface area contributed by atoms with Crippen molar-refractivity contribution in [2.45, 2.75) is 20.0 Å². The molecule has 0 aliphatic rings. The first-order chi connectivity index (χ1) is 7.13. The SMILES string of the molecule is C=CCOc1ccc(OC(C)C)cc1N. The molecule has 0 aliphatic heterocycles. The van der Waals surface area contributed by atoms with Crippen molar-refractivity contribution in [1.29, 1.82) is 0 Å². The molecule has 0 aromatic heterocycles. The predicted molar refractivity (Wildman–Crippen MR) is 62.3 cm³/mol. The van der Waals surface area contributed by atoms with E-state index < -0.39 is 0 Å². The van der Waals surface area contributed by atoms with Gasteiger partial charge < -0.3 is 15.2 Å². The minimum atomic E-state index is 0.143. The number of ether oxygens (including phenoxy) is 2. The van der Waals surface area contributed by atoms with Crippen LogP contribution in [0.25, 0.3) is 0 Å². The lowest BCUT2D eigenvalue weighted by Gasteiger charge is -2.12. The summed E-state index contributed by atoms with van der Waals surface area (Å²) >= 11 is 0. The van der Waals surface area contributed by atoms with E-state index in [1.54, 1.807) is 18.2 Å². The van der Waals surface area contributed by atoms with Crippen molar-refractivity contribution in [3.05, 3.63) is 30.9 Å². The van der Waals surface area contributed by atoms with Gasteiger partial charge in [0.1, 0.15) is 18.1 Å². The van der Waals surface area contributed by atoms with E-state index in [2.05, 4.69) is 6.58 Å². The molecule has 0 atom stereocenters. The molecule has 0 saturated heterocycles. The highest BCUT2D eigenvalue weighted by molar-refractivity contribution is 5.56. The number of nitrogen functional groups attached to an aromatic ring is 1. The van der Waals surface area contributed by atoms with Crippen molar-refractivity contribution in [1.82, 2.24) is 0 Å². The Morgan fingerprint density at radius 3 is 2.73 bits per heavy atom. The zero-order valence-electron chi connectivity index (χ0n) is 9.19. The second-order valence-electron chi connectivity index (χ2n) is 3.47. The number of rotatable bonds is 5. The van der Waals surface area contributed by atoms with Crippen LogP contribution in [-0.4, -0.2) is 12.7 Å². The molecule has 0 unspecified atom stereocenters. The molecule has 0 amide bonds. The third kappa shape index (κ3) is 3.54. The van der Waals surface area contributed by atoms with Crippen molar-refractivity contribution < 1.29 is 9.47 Å². The molecule has 0 radical (unpaired) electrons. The third-order valence-electron chi connectivity index (χ3n) is 1.71. The first-order valence-corrected chi connectivity index (χ1v) is 4.93. The van der Waals surface area contributed by atoms with Crippen LogP contribution in [0.1, 0.15) is 13.8 Å². The van der Waals surface area contributed by atoms with E-state index in [0.717, 1.165) is 5.75 Å². The maximum atomic E-state index is 5.80. The molecule has 1 aromatic rings. The number of anilines is 1. The molecule has 1 aromatic carbocycles. The van der Waals surface area contributed by atoms with Crippen molar-refractivity contribution in [2.24, 2.45) is 0 Å². The van der Waals surface area contributed by atoms with Gasteiger partial charge in [-0.25, -0.2) is 0 Å². The summed E-state index contributed by atoms with van der Waals surface area (Å²) in [5.74, 6) is 1.42. The molecule has 0 spiro atoms. The van der Waals surface area contributed by atoms with Crippen LogP contribution in [0.5, 0.6) is 11.5 Å². The maximum absolute atomic E-state index is 5.80. The van der Waals surface area contributed by atoms with Gasteiger partial charge in [-0.05, 0) is 26.0 Å². The highest BCUT2D eigenvalue weighted by Crippen LogP contribution is 2.26. The lowest BCUT2D eigenvalue weighted by atomic mass is 10.3. The normalized spacial score (nSPS) is 10.1. The number of hydrogen-bond donors (Lipinski definition) is 1. The summed E-state index contributed by atoms with van der Waals surface area (Å²) in [5, 5.41) is 0. The fourth-order valence-corrected chi connectivity index (χ4v) is 1.15. The monoisotopic (exact) mass is 207 g/mol. The fourth-order valence-electron chi connectivity index (χ4n) is 1.15. The molecule has 3 nitrogen and oxygen atoms in total. The summed E-state index contributed by atoms with van der Waals surface area (Å²) in [5.41, 5.74) is 6.38. The van der Waals surface area contributed by atoms with Crippen LogP contribution in [0.2, 0.25) is 0 Å². The molecular weight excluding hydrogens is 190 g/mol. The Morgan fingerprint density at radius 1 is 1.47 bits per heavy atom. The van der Waals surface area contributed by atoms with Crippen molar-refractivity contribution in [2.75, 3.05) is 12.3 Å². The summed E-state index contributed by atoms with van der Waals surface area (Å²) < 4.78 is 10.8. The van der Waals surface area contributed by atoms with Crippen LogP contribution in [-0.2, 0) is 0 Å². The molecule has 0 saturated carbocycles. The average molecular weight is 207 g/mol. The molecule has 3 heteroatoms. The van der Waals surface area contributed by atoms with E-state index in [9.17, 15) is 0 Å². The van der Waals surface area contributed by atoms with E-state index in [-0.39, 0.29) is 6.10 Å². The van der Waals surface area contributed by atoms with E-state index in [0.29, 0.717) is 18.0 Å². The summed E-state index contributed by atoms with van der Waals surface area (Å²) in [6, 6.07) is 5.41. The fraction of sp³-hybridized carbons (Fsp3) is 0.333. The summed E-state index contributed by atoms with van der Waals surface area (Å²) in [6.07, 6.45) is 1.82. The lowest BCUT2D eigenvalue weighted by Crippen LogP contribution is -2.06. The highest BCUT2D eigenvalue weighted by atomic mass is 16.5. The van der Waals surface area contributed by atoms with Gasteiger partial charge in [-0.2, -0.15) is 0 Å². The molecule has 0 aliphatic carbocycles. The van der Waals surface area contributed by atoms with Crippen LogP contribution >= 0.6 is 0 Å². The van der Waals surface area contributed by atoms with Crippen LogP contribution in [0, 0.1) is 0 Å². The highest BCUT2D eigenvalue weighted by Gasteiger charge is 2.03. The van der Waals surface area contributed by atoms with Crippen molar-refractivity contribution in [3.63, 3.8) is 0 Å². The van der Waals surface area contributed by atoms with Gasteiger partial charge >= 0.3 is 0 Å². The zero-order chi connectivity index (χ0) is 11.3. The van der Waals surface area contributed by atoms with Crippen LogP contribution in [0.4, 0.5) is 5.69 Å². The van der Waals surface area contributed by atoms with Crippen LogP contribution in [0.15, 0.2) is 30.9 Å². The topological polar surface area (TPSA) is 44.5 Å². The molecule has 82 valence electrons. The van der Waals surface area contributed by atoms with E-state index in [1.165, 1.54) is 0 Å². The van der Waals surface area contributed by atoms with Crippen LogP contribution < -0.4 is 15.2 Å². The Bertz CT molecular complexity index is 334. The standard InChI is InChI=1S/C12H17NO2/c1-4-7-14-12-6-5-10(8-11(12)13)15-9(2)3/h4-6,8-9H,1,7,13H2,2-3H3. The minimum absolute atomic E-state index is 0.143. The van der Waals surface area contributed by atoms with Gasteiger partial charge in [-0.15, -0.1) is 0 Å². The zero-order valence-corrected chi connectivity index (χ0v) is 9.19. The summed E-state index contributed by atoms with van der Waals surface area (Å²) in [4.78, 5) is 0. The summed E-state index contributed by atoms with van der Waals surface area (Å²) in [7, 11) is 0. The molecule has 0 heterocycles. The van der Waals surface area contributed by atoms with Gasteiger partial charge in [0.15, 0.2) is 0 Å². The first kappa shape index (κ1) is 11.4. The Morgan fingerprint density at radius 2 is 2.20 bits per heavy atom. The molecule has 1 rings (SSSR count). The van der Waals surface area contributed by atoms with Gasteiger partial charge in [0, 0.05) is 6.07 Å². The van der Waals surface area contributed by atoms with Crippen LogP contribution in [0.3, 0.4) is 0 Å². The van der Waals surface area contributed by atoms with Gasteiger partial charge in [-0.1, -0.05) is 12.7 Å². The predicted octanol–water partition coefficient (Wildman–Crippen LogP) is 2.62. The van der Waals surface area contributed by atoms with Crippen molar-refractivity contribution >= 4 is 5.69 Å². The first-order valence-electron chi connectivity index (χ1n) is 4.93. The molecule has 0 fully saturated rings. The molecule has 15 heavy (non-hydrogen) atoms. The largest absolute Gasteiger partial charge is 0.491 e. The van der Waals surface area contributed by atoms with E-state index >= 15 is 0 Å². The Balaban J connectivity index is 2.73. The number of nitrogens with two attached hydrogens (primary N) is 1. The van der Waals surface area contributed by atoms with Gasteiger partial charge in [0.25, 0.3) is 0 Å². The molecular formula is C12H17NO2. The maximum Gasteiger partial charge on any atom is 0.142 e. The van der Waals surface area contributed by atoms with Gasteiger partial charge in [-0.3, -0.25) is 0 Å². The van der Waals surface area contributed by atoms with Gasteiger partial charge in [0.05, 0.1) is 11.8 Å². The lowest BCUT2D eigenvalue weighted by molar-refractivity contribution is 0.242. The third-order valence-corrected chi connectivity index (χ3v) is 1.71. The smallest absolute Gasteiger partial charge is 0.142 e. The Kier molecular flexibility index (Phi) is 4.03.